The number of rotatable bonds is 5. The van der Waals surface area contributed by atoms with Crippen molar-refractivity contribution in [1.29, 1.82) is 0 Å². The number of nitrogens with one attached hydrogen (secondary N) is 2. The number of amides is 1. The summed E-state index contributed by atoms with van der Waals surface area (Å²) >= 11 is 0. The Morgan fingerprint density at radius 2 is 2.13 bits per heavy atom. The van der Waals surface area contributed by atoms with Gasteiger partial charge < -0.3 is 20.3 Å². The fraction of sp³-hybridized carbons (Fsp3) is 0.875. The molecule has 7 heteroatoms. The van der Waals surface area contributed by atoms with Crippen molar-refractivity contribution in [2.75, 3.05) is 33.8 Å². The van der Waals surface area contributed by atoms with Crippen LogP contribution in [-0.4, -0.2) is 62.7 Å². The van der Waals surface area contributed by atoms with E-state index in [1.165, 1.54) is 0 Å². The van der Waals surface area contributed by atoms with Crippen molar-refractivity contribution in [1.82, 2.24) is 15.5 Å². The van der Waals surface area contributed by atoms with Crippen molar-refractivity contribution in [3.8, 4) is 0 Å². The summed E-state index contributed by atoms with van der Waals surface area (Å²) in [6, 6.07) is 0.246. The van der Waals surface area contributed by atoms with E-state index in [0.29, 0.717) is 13.0 Å². The van der Waals surface area contributed by atoms with E-state index < -0.39 is 0 Å². The zero-order valence-corrected chi connectivity index (χ0v) is 17.6. The topological polar surface area (TPSA) is 66.0 Å². The molecule has 0 aromatic heterocycles. The first kappa shape index (κ1) is 22.4. The van der Waals surface area contributed by atoms with Crippen LogP contribution in [0.3, 0.4) is 0 Å². The smallest absolute Gasteiger partial charge is 0.222 e. The summed E-state index contributed by atoms with van der Waals surface area (Å²) in [5, 5.41) is 6.69. The molecule has 0 spiro atoms. The normalized spacial score (nSPS) is 20.8. The number of aliphatic imine (C=N–C) groups is 1. The average molecular weight is 440 g/mol. The van der Waals surface area contributed by atoms with Crippen LogP contribution in [0, 0.1) is 5.41 Å². The highest BCUT2D eigenvalue weighted by atomic mass is 127. The number of guanidine groups is 1. The van der Waals surface area contributed by atoms with Crippen LogP contribution in [0.25, 0.3) is 0 Å². The third-order valence-corrected chi connectivity index (χ3v) is 3.98. The lowest BCUT2D eigenvalue weighted by Gasteiger charge is -2.32. The molecule has 6 nitrogen and oxygen atoms in total. The Bertz CT molecular complexity index is 396. The maximum Gasteiger partial charge on any atom is 0.222 e. The molecule has 0 aromatic rings. The fourth-order valence-electron chi connectivity index (χ4n) is 2.52. The van der Waals surface area contributed by atoms with Crippen LogP contribution in [0.4, 0.5) is 0 Å². The molecule has 136 valence electrons. The van der Waals surface area contributed by atoms with Gasteiger partial charge in [-0.15, -0.1) is 24.0 Å². The van der Waals surface area contributed by atoms with Gasteiger partial charge in [0.15, 0.2) is 5.96 Å². The lowest BCUT2D eigenvalue weighted by atomic mass is 9.89. The van der Waals surface area contributed by atoms with Crippen molar-refractivity contribution < 1.29 is 9.53 Å². The molecule has 0 radical (unpaired) electrons. The molecule has 1 aliphatic heterocycles. The predicted molar refractivity (Wildman–Crippen MR) is 105 cm³/mol. The third kappa shape index (κ3) is 7.69. The predicted octanol–water partition coefficient (Wildman–Crippen LogP) is 1.84. The molecule has 2 atom stereocenters. The zero-order chi connectivity index (χ0) is 16.8. The van der Waals surface area contributed by atoms with Crippen LogP contribution >= 0.6 is 24.0 Å². The average Bonchev–Trinajstić information content (AvgIpc) is 2.42. The first-order valence-corrected chi connectivity index (χ1v) is 8.09. The van der Waals surface area contributed by atoms with Crippen LogP contribution in [0.2, 0.25) is 0 Å². The largest absolute Gasteiger partial charge is 0.379 e. The summed E-state index contributed by atoms with van der Waals surface area (Å²) < 4.78 is 5.55. The minimum absolute atomic E-state index is 0. The third-order valence-electron chi connectivity index (χ3n) is 3.98. The Hall–Kier alpha value is -0.570. The minimum Gasteiger partial charge on any atom is -0.379 e. The van der Waals surface area contributed by atoms with E-state index in [-0.39, 0.29) is 47.4 Å². The van der Waals surface area contributed by atoms with Gasteiger partial charge in [0.1, 0.15) is 0 Å². The van der Waals surface area contributed by atoms with Crippen molar-refractivity contribution >= 4 is 35.8 Å². The molecule has 2 N–H and O–H groups in total. The van der Waals surface area contributed by atoms with Gasteiger partial charge in [0.05, 0.1) is 12.6 Å². The Morgan fingerprint density at radius 3 is 2.61 bits per heavy atom. The van der Waals surface area contributed by atoms with Gasteiger partial charge in [-0.05, 0) is 18.8 Å². The van der Waals surface area contributed by atoms with Crippen LogP contribution < -0.4 is 10.6 Å². The highest BCUT2D eigenvalue weighted by Crippen LogP contribution is 2.21. The highest BCUT2D eigenvalue weighted by Gasteiger charge is 2.25. The molecular weight excluding hydrogens is 407 g/mol. The second kappa shape index (κ2) is 10.3. The Morgan fingerprint density at radius 1 is 1.48 bits per heavy atom. The van der Waals surface area contributed by atoms with E-state index in [0.717, 1.165) is 25.5 Å². The molecule has 1 heterocycles. The summed E-state index contributed by atoms with van der Waals surface area (Å²) in [4.78, 5) is 18.0. The second-order valence-corrected chi connectivity index (χ2v) is 6.96. The molecule has 1 amide bonds. The van der Waals surface area contributed by atoms with Gasteiger partial charge in [0.25, 0.3) is 0 Å². The van der Waals surface area contributed by atoms with Gasteiger partial charge in [0, 0.05) is 39.7 Å². The summed E-state index contributed by atoms with van der Waals surface area (Å²) in [6.07, 6.45) is 1.51. The maximum atomic E-state index is 11.6. The van der Waals surface area contributed by atoms with Gasteiger partial charge in [-0.2, -0.15) is 0 Å². The van der Waals surface area contributed by atoms with Gasteiger partial charge in [-0.1, -0.05) is 20.8 Å². The fourth-order valence-corrected chi connectivity index (χ4v) is 2.52. The first-order chi connectivity index (χ1) is 10.3. The van der Waals surface area contributed by atoms with E-state index in [9.17, 15) is 4.79 Å². The van der Waals surface area contributed by atoms with Crippen molar-refractivity contribution in [2.45, 2.75) is 52.7 Å². The minimum atomic E-state index is 0. The van der Waals surface area contributed by atoms with Crippen LogP contribution in [-0.2, 0) is 9.53 Å². The molecule has 0 saturated carbocycles. The Kier molecular flexibility index (Phi) is 10.1. The van der Waals surface area contributed by atoms with Crippen molar-refractivity contribution in [2.24, 2.45) is 10.4 Å². The van der Waals surface area contributed by atoms with E-state index in [2.05, 4.69) is 36.4 Å². The van der Waals surface area contributed by atoms with Crippen LogP contribution in [0.1, 0.15) is 40.5 Å². The number of likely N-dealkylation sites (tertiary alicyclic amines) is 1. The van der Waals surface area contributed by atoms with E-state index in [1.54, 1.807) is 12.0 Å². The van der Waals surface area contributed by atoms with Crippen molar-refractivity contribution in [3.63, 3.8) is 0 Å². The number of piperidine rings is 1. The van der Waals surface area contributed by atoms with E-state index in [4.69, 9.17) is 4.74 Å². The molecule has 1 fully saturated rings. The maximum absolute atomic E-state index is 11.6. The monoisotopic (exact) mass is 440 g/mol. The number of likely N-dealkylation sites (N-methyl/N-ethyl adjacent to an activating group) is 1. The quantitative estimate of drug-likeness (QED) is 0.389. The molecule has 2 unspecified atom stereocenters. The lowest BCUT2D eigenvalue weighted by Crippen LogP contribution is -2.52. The van der Waals surface area contributed by atoms with E-state index in [1.807, 2.05) is 14.0 Å². The number of methoxy groups -OCH3 is 1. The Labute approximate surface area is 157 Å². The molecule has 1 rings (SSSR count). The molecule has 1 saturated heterocycles. The second-order valence-electron chi connectivity index (χ2n) is 6.96. The summed E-state index contributed by atoms with van der Waals surface area (Å²) in [6.45, 7) is 10.6. The number of carbonyl (C=O) groups excluding carboxylic acids is 1. The summed E-state index contributed by atoms with van der Waals surface area (Å²) in [5.41, 5.74) is 0.0487. The number of nitrogens with zero attached hydrogens (tertiary/aromatic N) is 2. The number of ether oxygens (including phenoxy) is 1. The summed E-state index contributed by atoms with van der Waals surface area (Å²) in [5.74, 6) is 1.01. The van der Waals surface area contributed by atoms with Crippen molar-refractivity contribution in [3.05, 3.63) is 0 Å². The molecule has 0 bridgehead atoms. The number of hydrogen-bond donors (Lipinski definition) is 2. The number of carbonyl (C=O) groups is 1. The zero-order valence-electron chi connectivity index (χ0n) is 15.3. The van der Waals surface area contributed by atoms with Gasteiger partial charge >= 0.3 is 0 Å². The number of halogens is 1. The van der Waals surface area contributed by atoms with Gasteiger partial charge in [-0.25, -0.2) is 0 Å². The molecule has 0 aromatic carbocycles. The summed E-state index contributed by atoms with van der Waals surface area (Å²) in [7, 11) is 3.58. The molecular formula is C16H33IN4O2. The molecule has 1 aliphatic rings. The molecule has 23 heavy (non-hydrogen) atoms. The standard InChI is InChI=1S/C16H32N4O2.HI/c1-7-17-15(18-10-13(22-6)16(2,3)4)19-12-8-9-14(21)20(5)11-12;/h12-13H,7-11H2,1-6H3,(H2,17,18,19);1H. The number of hydrogen-bond acceptors (Lipinski definition) is 3. The highest BCUT2D eigenvalue weighted by molar-refractivity contribution is 14.0. The van der Waals surface area contributed by atoms with Gasteiger partial charge in [-0.3, -0.25) is 9.79 Å². The van der Waals surface area contributed by atoms with Crippen LogP contribution in [0.5, 0.6) is 0 Å². The van der Waals surface area contributed by atoms with Crippen LogP contribution in [0.15, 0.2) is 4.99 Å². The first-order valence-electron chi connectivity index (χ1n) is 8.09. The molecule has 0 aliphatic carbocycles. The Balaban J connectivity index is 0.00000484. The lowest BCUT2D eigenvalue weighted by molar-refractivity contribution is -0.132. The van der Waals surface area contributed by atoms with Gasteiger partial charge in [0.2, 0.25) is 5.91 Å². The van der Waals surface area contributed by atoms with E-state index >= 15 is 0 Å². The SMILES string of the molecule is CCNC(=NCC(OC)C(C)(C)C)NC1CCC(=O)N(C)C1.I.